The molecule has 8 heteroatoms. The number of benzene rings is 1. The summed E-state index contributed by atoms with van der Waals surface area (Å²) in [6, 6.07) is 7.68. The van der Waals surface area contributed by atoms with Crippen LogP contribution in [-0.2, 0) is 6.18 Å². The number of alkyl halides is 3. The van der Waals surface area contributed by atoms with E-state index in [-0.39, 0.29) is 11.3 Å². The van der Waals surface area contributed by atoms with Crippen LogP contribution in [-0.4, -0.2) is 21.6 Å². The summed E-state index contributed by atoms with van der Waals surface area (Å²) in [6.07, 6.45) is -3.16. The maximum Gasteiger partial charge on any atom is 0.450 e. The molecule has 0 N–H and O–H groups in total. The number of fused-ring (bicyclic) bond motifs is 1. The predicted molar refractivity (Wildman–Crippen MR) is 78.1 cm³/mol. The Morgan fingerprint density at radius 3 is 2.55 bits per heavy atom. The number of aromatic nitrogens is 3. The van der Waals surface area contributed by atoms with Gasteiger partial charge in [0.15, 0.2) is 0 Å². The lowest BCUT2D eigenvalue weighted by molar-refractivity contribution is -0.145. The zero-order chi connectivity index (χ0) is 15.9. The van der Waals surface area contributed by atoms with E-state index in [1.165, 1.54) is 31.5 Å². The van der Waals surface area contributed by atoms with Gasteiger partial charge in [-0.15, -0.1) is 0 Å². The summed E-state index contributed by atoms with van der Waals surface area (Å²) in [5.74, 6) is -0.441. The van der Waals surface area contributed by atoms with Crippen LogP contribution in [0.4, 0.5) is 13.2 Å². The van der Waals surface area contributed by atoms with E-state index in [9.17, 15) is 13.2 Å². The summed E-state index contributed by atoms with van der Waals surface area (Å²) in [4.78, 5) is 7.73. The Balaban J connectivity index is 2.32. The highest BCUT2D eigenvalue weighted by atomic mass is 79.9. The van der Waals surface area contributed by atoms with E-state index in [4.69, 9.17) is 4.74 Å². The van der Waals surface area contributed by atoms with Gasteiger partial charge in [-0.3, -0.25) is 4.57 Å². The molecule has 0 radical (unpaired) electrons. The highest BCUT2D eigenvalue weighted by Crippen LogP contribution is 2.34. The fraction of sp³-hybridized carbons (Fsp3) is 0.143. The van der Waals surface area contributed by atoms with Gasteiger partial charge < -0.3 is 4.74 Å². The quantitative estimate of drug-likeness (QED) is 0.677. The number of hydrogen-bond acceptors (Lipinski definition) is 3. The molecule has 0 saturated heterocycles. The number of nitrogens with zero attached hydrogens (tertiary/aromatic N) is 3. The van der Waals surface area contributed by atoms with Gasteiger partial charge in [0.05, 0.1) is 18.1 Å². The molecule has 4 nitrogen and oxygen atoms in total. The lowest BCUT2D eigenvalue weighted by Crippen LogP contribution is -2.14. The summed E-state index contributed by atoms with van der Waals surface area (Å²) in [5, 5.41) is 0. The van der Waals surface area contributed by atoms with E-state index in [0.717, 1.165) is 4.57 Å². The van der Waals surface area contributed by atoms with Crippen LogP contribution in [0.1, 0.15) is 5.82 Å². The van der Waals surface area contributed by atoms with E-state index < -0.39 is 12.0 Å². The molecule has 22 heavy (non-hydrogen) atoms. The van der Waals surface area contributed by atoms with Gasteiger partial charge in [-0.2, -0.15) is 13.2 Å². The van der Waals surface area contributed by atoms with Crippen LogP contribution in [0.5, 0.6) is 5.75 Å². The van der Waals surface area contributed by atoms with Crippen LogP contribution in [0.3, 0.4) is 0 Å². The fourth-order valence-corrected chi connectivity index (χ4v) is 2.34. The number of halogens is 4. The third kappa shape index (κ3) is 2.54. The SMILES string of the molecule is COc1ccc2c(c1)nc(C(F)(F)F)n2-c1ccc(Br)cn1. The Morgan fingerprint density at radius 1 is 1.18 bits per heavy atom. The summed E-state index contributed by atoms with van der Waals surface area (Å²) in [6.45, 7) is 0. The predicted octanol–water partition coefficient (Wildman–Crippen LogP) is 4.21. The zero-order valence-corrected chi connectivity index (χ0v) is 12.8. The second kappa shape index (κ2) is 5.28. The molecule has 2 aromatic heterocycles. The van der Waals surface area contributed by atoms with Crippen molar-refractivity contribution in [2.45, 2.75) is 6.18 Å². The highest BCUT2D eigenvalue weighted by Gasteiger charge is 2.38. The largest absolute Gasteiger partial charge is 0.497 e. The molecule has 3 rings (SSSR count). The Bertz CT molecular complexity index is 828. The minimum absolute atomic E-state index is 0.142. The molecule has 0 amide bonds. The van der Waals surface area contributed by atoms with Crippen molar-refractivity contribution in [3.8, 4) is 11.6 Å². The van der Waals surface area contributed by atoms with Crippen molar-refractivity contribution in [2.24, 2.45) is 0 Å². The van der Waals surface area contributed by atoms with Crippen molar-refractivity contribution in [1.82, 2.24) is 14.5 Å². The van der Waals surface area contributed by atoms with Crippen LogP contribution >= 0.6 is 15.9 Å². The number of imidazole rings is 1. The zero-order valence-electron chi connectivity index (χ0n) is 11.2. The maximum atomic E-state index is 13.3. The third-order valence-electron chi connectivity index (χ3n) is 3.06. The highest BCUT2D eigenvalue weighted by molar-refractivity contribution is 9.10. The van der Waals surface area contributed by atoms with Crippen LogP contribution in [0.2, 0.25) is 0 Å². The number of ether oxygens (including phenoxy) is 1. The lowest BCUT2D eigenvalue weighted by Gasteiger charge is -2.10. The smallest absolute Gasteiger partial charge is 0.450 e. The Kier molecular flexibility index (Phi) is 3.56. The molecule has 0 aliphatic carbocycles. The number of methoxy groups -OCH3 is 1. The van der Waals surface area contributed by atoms with Crippen molar-refractivity contribution in [3.63, 3.8) is 0 Å². The first kappa shape index (κ1) is 14.8. The van der Waals surface area contributed by atoms with Gasteiger partial charge in [-0.05, 0) is 40.2 Å². The fourth-order valence-electron chi connectivity index (χ4n) is 2.11. The molecule has 114 valence electrons. The lowest BCUT2D eigenvalue weighted by atomic mass is 10.3. The molecule has 0 saturated carbocycles. The Hall–Kier alpha value is -2.09. The van der Waals surface area contributed by atoms with E-state index in [1.807, 2.05) is 0 Å². The van der Waals surface area contributed by atoms with E-state index in [0.29, 0.717) is 15.7 Å². The molecule has 0 bridgehead atoms. The van der Waals surface area contributed by atoms with Crippen molar-refractivity contribution < 1.29 is 17.9 Å². The van der Waals surface area contributed by atoms with E-state index in [1.54, 1.807) is 12.1 Å². The van der Waals surface area contributed by atoms with Gasteiger partial charge in [0, 0.05) is 16.7 Å². The third-order valence-corrected chi connectivity index (χ3v) is 3.53. The standard InChI is InChI=1S/C14H9BrF3N3O/c1-22-9-3-4-11-10(6-9)20-13(14(16,17)18)21(11)12-5-2-8(15)7-19-12/h2-7H,1H3. The average molecular weight is 372 g/mol. The second-order valence-corrected chi connectivity index (χ2v) is 5.37. The molecule has 0 fully saturated rings. The molecule has 0 spiro atoms. The second-order valence-electron chi connectivity index (χ2n) is 4.46. The van der Waals surface area contributed by atoms with Gasteiger partial charge in [-0.1, -0.05) is 0 Å². The molecular weight excluding hydrogens is 363 g/mol. The minimum Gasteiger partial charge on any atom is -0.497 e. The van der Waals surface area contributed by atoms with Crippen LogP contribution in [0.25, 0.3) is 16.9 Å². The first-order valence-corrected chi connectivity index (χ1v) is 6.95. The maximum absolute atomic E-state index is 13.3. The van der Waals surface area contributed by atoms with E-state index >= 15 is 0 Å². The number of hydrogen-bond donors (Lipinski definition) is 0. The molecular formula is C14H9BrF3N3O. The molecule has 0 aliphatic heterocycles. The van der Waals surface area contributed by atoms with Gasteiger partial charge in [-0.25, -0.2) is 9.97 Å². The monoisotopic (exact) mass is 371 g/mol. The Labute approximate surface area is 131 Å². The Morgan fingerprint density at radius 2 is 1.95 bits per heavy atom. The van der Waals surface area contributed by atoms with Crippen molar-refractivity contribution in [2.75, 3.05) is 7.11 Å². The van der Waals surface area contributed by atoms with Crippen LogP contribution in [0, 0.1) is 0 Å². The van der Waals surface area contributed by atoms with Gasteiger partial charge in [0.1, 0.15) is 11.6 Å². The molecule has 1 aromatic carbocycles. The molecule has 3 aromatic rings. The average Bonchev–Trinajstić information content (AvgIpc) is 2.86. The minimum atomic E-state index is -4.60. The molecule has 0 aliphatic rings. The first-order valence-electron chi connectivity index (χ1n) is 6.16. The summed E-state index contributed by atoms with van der Waals surface area (Å²) in [5.41, 5.74) is 0.499. The summed E-state index contributed by atoms with van der Waals surface area (Å²) in [7, 11) is 1.44. The molecule has 0 unspecified atom stereocenters. The topological polar surface area (TPSA) is 39.9 Å². The van der Waals surface area contributed by atoms with Gasteiger partial charge in [0.2, 0.25) is 5.82 Å². The van der Waals surface area contributed by atoms with Gasteiger partial charge >= 0.3 is 6.18 Å². The first-order chi connectivity index (χ1) is 10.4. The van der Waals surface area contributed by atoms with Crippen molar-refractivity contribution in [1.29, 1.82) is 0 Å². The van der Waals surface area contributed by atoms with Gasteiger partial charge in [0.25, 0.3) is 0 Å². The molecule has 2 heterocycles. The van der Waals surface area contributed by atoms with E-state index in [2.05, 4.69) is 25.9 Å². The summed E-state index contributed by atoms with van der Waals surface area (Å²) < 4.78 is 46.5. The summed E-state index contributed by atoms with van der Waals surface area (Å²) >= 11 is 3.21. The van der Waals surface area contributed by atoms with Crippen LogP contribution < -0.4 is 4.74 Å². The van der Waals surface area contributed by atoms with Crippen molar-refractivity contribution in [3.05, 3.63) is 46.8 Å². The number of pyridine rings is 1. The number of rotatable bonds is 2. The van der Waals surface area contributed by atoms with Crippen LogP contribution in [0.15, 0.2) is 41.0 Å². The normalized spacial score (nSPS) is 11.9. The molecule has 0 atom stereocenters. The van der Waals surface area contributed by atoms with Crippen molar-refractivity contribution >= 4 is 27.0 Å².